The molecular weight excluding hydrogens is 180 g/mol. The van der Waals surface area contributed by atoms with Crippen LogP contribution < -0.4 is 0 Å². The zero-order chi connectivity index (χ0) is 9.26. The predicted octanol–water partition coefficient (Wildman–Crippen LogP) is 3.08. The minimum absolute atomic E-state index is 0.852. The Hall–Kier alpha value is -0.630. The molecule has 0 fully saturated rings. The first kappa shape index (κ1) is 8.95. The summed E-state index contributed by atoms with van der Waals surface area (Å²) in [6.45, 7) is 2.25. The van der Waals surface area contributed by atoms with E-state index in [0.29, 0.717) is 0 Å². The van der Waals surface area contributed by atoms with Crippen molar-refractivity contribution in [3.05, 3.63) is 21.4 Å². The van der Waals surface area contributed by atoms with E-state index in [1.165, 1.54) is 29.7 Å². The maximum atomic E-state index is 10.7. The van der Waals surface area contributed by atoms with E-state index in [1.807, 2.05) is 5.38 Å². The van der Waals surface area contributed by atoms with Gasteiger partial charge >= 0.3 is 0 Å². The molecule has 1 aromatic rings. The molecule has 0 saturated heterocycles. The van der Waals surface area contributed by atoms with Crippen LogP contribution in [-0.2, 0) is 12.8 Å². The van der Waals surface area contributed by atoms with Crippen LogP contribution >= 0.6 is 11.3 Å². The highest BCUT2D eigenvalue weighted by Gasteiger charge is 2.20. The van der Waals surface area contributed by atoms with Crippen LogP contribution in [0.4, 0.5) is 0 Å². The molecule has 0 aliphatic heterocycles. The van der Waals surface area contributed by atoms with E-state index in [2.05, 4.69) is 6.92 Å². The predicted molar refractivity (Wildman–Crippen MR) is 55.5 cm³/mol. The molecule has 0 saturated carbocycles. The molecule has 1 unspecified atom stereocenters. The van der Waals surface area contributed by atoms with Crippen LogP contribution in [0.15, 0.2) is 5.38 Å². The minimum Gasteiger partial charge on any atom is -0.298 e. The molecule has 2 heteroatoms. The second kappa shape index (κ2) is 3.62. The monoisotopic (exact) mass is 194 g/mol. The summed E-state index contributed by atoms with van der Waals surface area (Å²) in [5, 5.41) is 2.01. The van der Waals surface area contributed by atoms with Crippen LogP contribution in [0.3, 0.4) is 0 Å². The molecule has 1 atom stereocenters. The molecule has 1 aliphatic rings. The number of carbonyl (C=O) groups excluding carboxylic acids is 1. The van der Waals surface area contributed by atoms with Crippen molar-refractivity contribution in [1.29, 1.82) is 0 Å². The van der Waals surface area contributed by atoms with Gasteiger partial charge in [0.15, 0.2) is 6.29 Å². The first-order valence-electron chi connectivity index (χ1n) is 4.89. The van der Waals surface area contributed by atoms with Gasteiger partial charge in [-0.25, -0.2) is 0 Å². The maximum absolute atomic E-state index is 10.7. The molecule has 0 spiro atoms. The molecule has 1 heterocycles. The lowest BCUT2D eigenvalue weighted by molar-refractivity contribution is 0.112. The Morgan fingerprint density at radius 3 is 3.23 bits per heavy atom. The maximum Gasteiger partial charge on any atom is 0.151 e. The van der Waals surface area contributed by atoms with Gasteiger partial charge in [-0.15, -0.1) is 11.3 Å². The van der Waals surface area contributed by atoms with Gasteiger partial charge in [-0.1, -0.05) is 13.3 Å². The van der Waals surface area contributed by atoms with Crippen molar-refractivity contribution in [2.75, 3.05) is 0 Å². The van der Waals surface area contributed by atoms with E-state index >= 15 is 0 Å². The van der Waals surface area contributed by atoms with Crippen molar-refractivity contribution in [2.45, 2.75) is 32.6 Å². The minimum atomic E-state index is 0.852. The average Bonchev–Trinajstić information content (AvgIpc) is 2.59. The Balaban J connectivity index is 2.27. The van der Waals surface area contributed by atoms with Gasteiger partial charge in [0.2, 0.25) is 0 Å². The number of thiophene rings is 1. The Kier molecular flexibility index (Phi) is 2.49. The largest absolute Gasteiger partial charge is 0.298 e. The standard InChI is InChI=1S/C11H14OS/c1-2-8-3-4-10-9(6-12)7-13-11(10)5-8/h6-8H,2-5H2,1H3. The summed E-state index contributed by atoms with van der Waals surface area (Å²) in [5.41, 5.74) is 2.28. The Morgan fingerprint density at radius 2 is 2.54 bits per heavy atom. The zero-order valence-corrected chi connectivity index (χ0v) is 8.69. The number of hydrogen-bond acceptors (Lipinski definition) is 2. The Morgan fingerprint density at radius 1 is 1.69 bits per heavy atom. The Labute approximate surface area is 82.8 Å². The van der Waals surface area contributed by atoms with Crippen molar-refractivity contribution < 1.29 is 4.79 Å². The molecule has 0 radical (unpaired) electrons. The fourth-order valence-electron chi connectivity index (χ4n) is 2.05. The van der Waals surface area contributed by atoms with E-state index in [0.717, 1.165) is 24.2 Å². The van der Waals surface area contributed by atoms with E-state index in [9.17, 15) is 4.79 Å². The summed E-state index contributed by atoms with van der Waals surface area (Å²) in [6, 6.07) is 0. The summed E-state index contributed by atoms with van der Waals surface area (Å²) >= 11 is 1.76. The van der Waals surface area contributed by atoms with Crippen molar-refractivity contribution in [3.8, 4) is 0 Å². The van der Waals surface area contributed by atoms with Crippen LogP contribution in [0.25, 0.3) is 0 Å². The van der Waals surface area contributed by atoms with Gasteiger partial charge in [0.25, 0.3) is 0 Å². The lowest BCUT2D eigenvalue weighted by Crippen LogP contribution is -2.12. The quantitative estimate of drug-likeness (QED) is 0.661. The number of aldehydes is 1. The zero-order valence-electron chi connectivity index (χ0n) is 7.88. The topological polar surface area (TPSA) is 17.1 Å². The number of rotatable bonds is 2. The molecule has 2 rings (SSSR count). The van der Waals surface area contributed by atoms with Gasteiger partial charge in [0.1, 0.15) is 0 Å². The van der Waals surface area contributed by atoms with E-state index < -0.39 is 0 Å². The van der Waals surface area contributed by atoms with Gasteiger partial charge in [0.05, 0.1) is 0 Å². The first-order valence-corrected chi connectivity index (χ1v) is 5.77. The van der Waals surface area contributed by atoms with Crippen molar-refractivity contribution in [3.63, 3.8) is 0 Å². The molecule has 0 aromatic carbocycles. The number of hydrogen-bond donors (Lipinski definition) is 0. The molecule has 0 N–H and O–H groups in total. The second-order valence-corrected chi connectivity index (χ2v) is 4.69. The van der Waals surface area contributed by atoms with E-state index in [-0.39, 0.29) is 0 Å². The molecule has 13 heavy (non-hydrogen) atoms. The van der Waals surface area contributed by atoms with Crippen LogP contribution in [0.2, 0.25) is 0 Å². The smallest absolute Gasteiger partial charge is 0.151 e. The Bertz CT molecular complexity index is 314. The molecule has 1 aliphatic carbocycles. The molecule has 1 aromatic heterocycles. The molecular formula is C11H14OS. The van der Waals surface area contributed by atoms with Crippen LogP contribution in [0.5, 0.6) is 0 Å². The van der Waals surface area contributed by atoms with Crippen LogP contribution in [-0.4, -0.2) is 6.29 Å². The van der Waals surface area contributed by atoms with Crippen molar-refractivity contribution >= 4 is 17.6 Å². The third kappa shape index (κ3) is 1.55. The highest BCUT2D eigenvalue weighted by atomic mass is 32.1. The third-order valence-electron chi connectivity index (χ3n) is 2.99. The van der Waals surface area contributed by atoms with Gasteiger partial charge in [-0.05, 0) is 30.7 Å². The summed E-state index contributed by atoms with van der Waals surface area (Å²) in [5.74, 6) is 0.852. The second-order valence-electron chi connectivity index (χ2n) is 3.73. The fourth-order valence-corrected chi connectivity index (χ4v) is 3.21. The van der Waals surface area contributed by atoms with Crippen LogP contribution in [0, 0.1) is 5.92 Å². The molecule has 0 amide bonds. The van der Waals surface area contributed by atoms with Gasteiger partial charge in [-0.2, -0.15) is 0 Å². The SMILES string of the molecule is CCC1CCc2c(C=O)csc2C1. The fraction of sp³-hybridized carbons (Fsp3) is 0.545. The number of carbonyl (C=O) groups is 1. The molecule has 70 valence electrons. The number of fused-ring (bicyclic) bond motifs is 1. The summed E-state index contributed by atoms with van der Waals surface area (Å²) < 4.78 is 0. The lowest BCUT2D eigenvalue weighted by Gasteiger charge is -2.20. The average molecular weight is 194 g/mol. The summed E-state index contributed by atoms with van der Waals surface area (Å²) in [4.78, 5) is 12.2. The van der Waals surface area contributed by atoms with Gasteiger partial charge in [0, 0.05) is 15.8 Å². The highest BCUT2D eigenvalue weighted by molar-refractivity contribution is 7.10. The van der Waals surface area contributed by atoms with Crippen LogP contribution in [0.1, 0.15) is 40.6 Å². The lowest BCUT2D eigenvalue weighted by atomic mass is 9.86. The van der Waals surface area contributed by atoms with E-state index in [4.69, 9.17) is 0 Å². The third-order valence-corrected chi connectivity index (χ3v) is 4.06. The summed E-state index contributed by atoms with van der Waals surface area (Å²) in [7, 11) is 0. The first-order chi connectivity index (χ1) is 6.35. The molecule has 1 nitrogen and oxygen atoms in total. The molecule has 0 bridgehead atoms. The van der Waals surface area contributed by atoms with E-state index in [1.54, 1.807) is 11.3 Å². The van der Waals surface area contributed by atoms with Gasteiger partial charge in [-0.3, -0.25) is 4.79 Å². The highest BCUT2D eigenvalue weighted by Crippen LogP contribution is 2.33. The normalized spacial score (nSPS) is 21.2. The van der Waals surface area contributed by atoms with Crippen molar-refractivity contribution in [1.82, 2.24) is 0 Å². The van der Waals surface area contributed by atoms with Crippen molar-refractivity contribution in [2.24, 2.45) is 5.92 Å². The van der Waals surface area contributed by atoms with Gasteiger partial charge < -0.3 is 0 Å². The summed E-state index contributed by atoms with van der Waals surface area (Å²) in [6.07, 6.45) is 5.85.